The van der Waals surface area contributed by atoms with Crippen molar-refractivity contribution in [1.29, 1.82) is 0 Å². The van der Waals surface area contributed by atoms with Crippen molar-refractivity contribution in [1.82, 2.24) is 10.3 Å². The minimum absolute atomic E-state index is 0.303. The number of hydrogen-bond donors (Lipinski definition) is 1. The van der Waals surface area contributed by atoms with E-state index in [0.29, 0.717) is 12.2 Å². The lowest BCUT2D eigenvalue weighted by Crippen LogP contribution is -2.30. The summed E-state index contributed by atoms with van der Waals surface area (Å²) in [6.07, 6.45) is 5.09. The third kappa shape index (κ3) is 2.55. The molecule has 74 valence electrons. The van der Waals surface area contributed by atoms with Crippen LogP contribution < -0.4 is 5.32 Å². The highest BCUT2D eigenvalue weighted by molar-refractivity contribution is 7.07. The van der Waals surface area contributed by atoms with Gasteiger partial charge in [-0.05, 0) is 0 Å². The number of esters is 1. The summed E-state index contributed by atoms with van der Waals surface area (Å²) in [4.78, 5) is 15.4. The van der Waals surface area contributed by atoms with Crippen molar-refractivity contribution in [2.75, 3.05) is 13.7 Å². The van der Waals surface area contributed by atoms with Crippen molar-refractivity contribution >= 4 is 17.3 Å². The Morgan fingerprint density at radius 1 is 1.93 bits per heavy atom. The Morgan fingerprint density at radius 2 is 2.71 bits per heavy atom. The summed E-state index contributed by atoms with van der Waals surface area (Å²) >= 11 is 1.42. The van der Waals surface area contributed by atoms with Gasteiger partial charge in [-0.15, -0.1) is 17.8 Å². The van der Waals surface area contributed by atoms with Crippen LogP contribution in [0.1, 0.15) is 11.7 Å². The molecule has 0 radical (unpaired) electrons. The molecule has 1 rings (SSSR count). The Balaban J connectivity index is 2.73. The summed E-state index contributed by atoms with van der Waals surface area (Å²) in [6, 6.07) is -0.567. The number of carbonyl (C=O) groups excluding carboxylic acids is 1. The summed E-state index contributed by atoms with van der Waals surface area (Å²) in [5.41, 5.74) is 2.29. The molecule has 0 aliphatic carbocycles. The minimum Gasteiger partial charge on any atom is -0.468 e. The van der Waals surface area contributed by atoms with Crippen LogP contribution in [0, 0.1) is 12.3 Å². The highest BCUT2D eigenvalue weighted by Crippen LogP contribution is 2.13. The molecule has 0 aliphatic rings. The fourth-order valence-corrected chi connectivity index (χ4v) is 1.53. The summed E-state index contributed by atoms with van der Waals surface area (Å²) in [5, 5.41) is 4.64. The normalized spacial score (nSPS) is 11.7. The van der Waals surface area contributed by atoms with Crippen LogP contribution in [-0.4, -0.2) is 24.6 Å². The molecule has 1 heterocycles. The lowest BCUT2D eigenvalue weighted by molar-refractivity contribution is -0.143. The zero-order valence-electron chi connectivity index (χ0n) is 7.69. The summed E-state index contributed by atoms with van der Waals surface area (Å²) in [6.45, 7) is 0.303. The fraction of sp³-hybridized carbons (Fsp3) is 0.333. The molecule has 0 saturated carbocycles. The summed E-state index contributed by atoms with van der Waals surface area (Å²) < 4.78 is 4.63. The molecule has 0 bridgehead atoms. The van der Waals surface area contributed by atoms with Gasteiger partial charge in [-0.25, -0.2) is 9.78 Å². The number of ether oxygens (including phenoxy) is 1. The van der Waals surface area contributed by atoms with Crippen molar-refractivity contribution in [3.8, 4) is 12.3 Å². The molecule has 1 aromatic heterocycles. The second-order valence-electron chi connectivity index (χ2n) is 2.45. The van der Waals surface area contributed by atoms with E-state index >= 15 is 0 Å². The van der Waals surface area contributed by atoms with E-state index in [1.54, 1.807) is 10.9 Å². The topological polar surface area (TPSA) is 51.2 Å². The maximum atomic E-state index is 11.3. The van der Waals surface area contributed by atoms with Crippen LogP contribution in [-0.2, 0) is 9.53 Å². The number of thiazole rings is 1. The second kappa shape index (κ2) is 5.37. The standard InChI is InChI=1S/C9H10N2O2S/c1-3-4-10-8(9(12)13-2)7-5-14-6-11-7/h1,5-6,8,10H,4H2,2H3. The molecule has 1 unspecified atom stereocenters. The van der Waals surface area contributed by atoms with Crippen LogP contribution in [0.4, 0.5) is 0 Å². The Bertz CT molecular complexity index is 329. The zero-order valence-corrected chi connectivity index (χ0v) is 8.50. The lowest BCUT2D eigenvalue weighted by atomic mass is 10.2. The van der Waals surface area contributed by atoms with Gasteiger partial charge in [-0.3, -0.25) is 5.32 Å². The smallest absolute Gasteiger partial charge is 0.329 e. The van der Waals surface area contributed by atoms with Gasteiger partial charge in [0.15, 0.2) is 6.04 Å². The average Bonchev–Trinajstić information content (AvgIpc) is 2.71. The summed E-state index contributed by atoms with van der Waals surface area (Å²) in [7, 11) is 1.33. The first kappa shape index (κ1) is 10.7. The molecule has 0 fully saturated rings. The summed E-state index contributed by atoms with van der Waals surface area (Å²) in [5.74, 6) is 2.01. The van der Waals surface area contributed by atoms with Crippen molar-refractivity contribution < 1.29 is 9.53 Å². The molecule has 0 saturated heterocycles. The van der Waals surface area contributed by atoms with Gasteiger partial charge in [0.2, 0.25) is 0 Å². The molecule has 14 heavy (non-hydrogen) atoms. The third-order valence-electron chi connectivity index (χ3n) is 1.59. The van der Waals surface area contributed by atoms with Gasteiger partial charge in [0, 0.05) is 5.38 Å². The van der Waals surface area contributed by atoms with E-state index in [0.717, 1.165) is 0 Å². The number of nitrogens with zero attached hydrogens (tertiary/aromatic N) is 1. The van der Waals surface area contributed by atoms with E-state index in [-0.39, 0.29) is 5.97 Å². The van der Waals surface area contributed by atoms with E-state index < -0.39 is 6.04 Å². The van der Waals surface area contributed by atoms with Crippen LogP contribution in [0.2, 0.25) is 0 Å². The first-order valence-electron chi connectivity index (χ1n) is 3.92. The van der Waals surface area contributed by atoms with Crippen LogP contribution in [0.15, 0.2) is 10.9 Å². The van der Waals surface area contributed by atoms with E-state index in [2.05, 4.69) is 21.0 Å². The van der Waals surface area contributed by atoms with Crippen LogP contribution in [0.3, 0.4) is 0 Å². The van der Waals surface area contributed by atoms with Gasteiger partial charge in [0.1, 0.15) is 0 Å². The predicted octanol–water partition coefficient (Wildman–Crippen LogP) is 0.580. The van der Waals surface area contributed by atoms with Gasteiger partial charge < -0.3 is 4.74 Å². The molecule has 0 spiro atoms. The number of nitrogens with one attached hydrogen (secondary N) is 1. The van der Waals surface area contributed by atoms with E-state index in [4.69, 9.17) is 6.42 Å². The van der Waals surface area contributed by atoms with Crippen LogP contribution in [0.5, 0.6) is 0 Å². The monoisotopic (exact) mass is 210 g/mol. The molecule has 4 nitrogen and oxygen atoms in total. The first-order chi connectivity index (χ1) is 6.79. The van der Waals surface area contributed by atoms with Gasteiger partial charge in [0.05, 0.1) is 24.9 Å². The van der Waals surface area contributed by atoms with Crippen molar-refractivity contribution in [2.24, 2.45) is 0 Å². The van der Waals surface area contributed by atoms with Crippen molar-refractivity contribution in [3.05, 3.63) is 16.6 Å². The Hall–Kier alpha value is -1.38. The second-order valence-corrected chi connectivity index (χ2v) is 3.17. The van der Waals surface area contributed by atoms with Crippen LogP contribution in [0.25, 0.3) is 0 Å². The Kier molecular flexibility index (Phi) is 4.11. The van der Waals surface area contributed by atoms with Gasteiger partial charge in [0.25, 0.3) is 0 Å². The SMILES string of the molecule is C#CCNC(C(=O)OC)c1cscn1. The van der Waals surface area contributed by atoms with Crippen molar-refractivity contribution in [3.63, 3.8) is 0 Å². The lowest BCUT2D eigenvalue weighted by Gasteiger charge is -2.11. The molecular formula is C9H10N2O2S. The highest BCUT2D eigenvalue weighted by atomic mass is 32.1. The largest absolute Gasteiger partial charge is 0.468 e. The zero-order chi connectivity index (χ0) is 10.4. The van der Waals surface area contributed by atoms with Gasteiger partial charge >= 0.3 is 5.97 Å². The third-order valence-corrected chi connectivity index (χ3v) is 2.20. The van der Waals surface area contributed by atoms with E-state index in [1.807, 2.05) is 0 Å². The maximum absolute atomic E-state index is 11.3. The van der Waals surface area contributed by atoms with E-state index in [9.17, 15) is 4.79 Å². The highest BCUT2D eigenvalue weighted by Gasteiger charge is 2.21. The van der Waals surface area contributed by atoms with Crippen molar-refractivity contribution in [2.45, 2.75) is 6.04 Å². The average molecular weight is 210 g/mol. The quantitative estimate of drug-likeness (QED) is 0.583. The number of hydrogen-bond acceptors (Lipinski definition) is 5. The van der Waals surface area contributed by atoms with Gasteiger partial charge in [-0.1, -0.05) is 5.92 Å². The minimum atomic E-state index is -0.567. The van der Waals surface area contributed by atoms with E-state index in [1.165, 1.54) is 18.4 Å². The molecule has 0 amide bonds. The molecule has 0 aromatic carbocycles. The first-order valence-corrected chi connectivity index (χ1v) is 4.86. The predicted molar refractivity (Wildman–Crippen MR) is 53.7 cm³/mol. The fourth-order valence-electron chi connectivity index (χ4n) is 0.952. The molecule has 1 aromatic rings. The number of methoxy groups -OCH3 is 1. The molecular weight excluding hydrogens is 200 g/mol. The number of carbonyl (C=O) groups is 1. The Labute approximate surface area is 86.3 Å². The number of terminal acetylenes is 1. The maximum Gasteiger partial charge on any atom is 0.329 e. The molecule has 1 atom stereocenters. The Morgan fingerprint density at radius 3 is 3.21 bits per heavy atom. The molecule has 0 aliphatic heterocycles. The molecule has 1 N–H and O–H groups in total. The van der Waals surface area contributed by atoms with Gasteiger partial charge in [-0.2, -0.15) is 0 Å². The number of rotatable bonds is 4. The number of aromatic nitrogens is 1. The van der Waals surface area contributed by atoms with Crippen LogP contribution >= 0.6 is 11.3 Å². The molecule has 5 heteroatoms.